The summed E-state index contributed by atoms with van der Waals surface area (Å²) in [5, 5.41) is 9.11. The molecule has 2 aromatic heterocycles. The van der Waals surface area contributed by atoms with Crippen molar-refractivity contribution in [2.45, 2.75) is 20.3 Å². The van der Waals surface area contributed by atoms with Crippen molar-refractivity contribution in [2.75, 3.05) is 7.11 Å². The average Bonchev–Trinajstić information content (AvgIpc) is 2.68. The summed E-state index contributed by atoms with van der Waals surface area (Å²) >= 11 is 0. The summed E-state index contributed by atoms with van der Waals surface area (Å²) in [5.74, 6) is -0.266. The van der Waals surface area contributed by atoms with E-state index in [-0.39, 0.29) is 0 Å². The van der Waals surface area contributed by atoms with E-state index in [9.17, 15) is 4.79 Å². The minimum atomic E-state index is -0.813. The van der Waals surface area contributed by atoms with Gasteiger partial charge in [-0.2, -0.15) is 0 Å². The Bertz CT molecular complexity index is 587. The first-order valence-corrected chi connectivity index (χ1v) is 5.68. The highest BCUT2D eigenvalue weighted by Crippen LogP contribution is 2.24. The maximum Gasteiger partial charge on any atom is 0.309 e. The summed E-state index contributed by atoms with van der Waals surface area (Å²) in [6.45, 7) is 3.41. The molecule has 0 aliphatic rings. The summed E-state index contributed by atoms with van der Waals surface area (Å²) in [5.41, 5.74) is 1.72. The summed E-state index contributed by atoms with van der Waals surface area (Å²) in [7, 11) is 1.56. The molecular weight excluding hydrogens is 232 g/mol. The first-order valence-electron chi connectivity index (χ1n) is 5.68. The van der Waals surface area contributed by atoms with Crippen molar-refractivity contribution in [3.05, 3.63) is 23.9 Å². The fourth-order valence-corrected chi connectivity index (χ4v) is 1.81. The van der Waals surface area contributed by atoms with Crippen molar-refractivity contribution in [3.63, 3.8) is 0 Å². The van der Waals surface area contributed by atoms with Crippen LogP contribution in [0.15, 0.2) is 18.2 Å². The van der Waals surface area contributed by atoms with Crippen LogP contribution in [0, 0.1) is 5.41 Å². The predicted molar refractivity (Wildman–Crippen MR) is 67.8 cm³/mol. The normalized spacial score (nSPS) is 11.7. The summed E-state index contributed by atoms with van der Waals surface area (Å²) in [6.07, 6.45) is 0.432. The van der Waals surface area contributed by atoms with Gasteiger partial charge in [0.2, 0.25) is 5.88 Å². The zero-order valence-corrected chi connectivity index (χ0v) is 10.7. The number of hydrogen-bond acceptors (Lipinski definition) is 3. The van der Waals surface area contributed by atoms with Crippen LogP contribution in [0.4, 0.5) is 0 Å². The van der Waals surface area contributed by atoms with Crippen molar-refractivity contribution in [1.29, 1.82) is 0 Å². The molecule has 2 N–H and O–H groups in total. The van der Waals surface area contributed by atoms with Crippen molar-refractivity contribution in [3.8, 4) is 5.88 Å². The number of ether oxygens (including phenoxy) is 1. The smallest absolute Gasteiger partial charge is 0.309 e. The van der Waals surface area contributed by atoms with Crippen LogP contribution in [0.2, 0.25) is 0 Å². The molecule has 0 aliphatic heterocycles. The van der Waals surface area contributed by atoms with E-state index in [0.717, 1.165) is 16.7 Å². The number of H-pyrrole nitrogens is 1. The van der Waals surface area contributed by atoms with Gasteiger partial charge in [-0.3, -0.25) is 4.79 Å². The van der Waals surface area contributed by atoms with Crippen LogP contribution in [0.25, 0.3) is 11.0 Å². The number of pyridine rings is 1. The Balaban J connectivity index is 2.33. The number of hydrogen-bond donors (Lipinski definition) is 2. The largest absolute Gasteiger partial charge is 0.481 e. The lowest BCUT2D eigenvalue weighted by Crippen LogP contribution is -2.26. The number of carbonyl (C=O) groups is 1. The van der Waals surface area contributed by atoms with E-state index in [2.05, 4.69) is 9.97 Å². The number of carboxylic acid groups (broad SMARTS) is 1. The topological polar surface area (TPSA) is 75.2 Å². The van der Waals surface area contributed by atoms with Crippen molar-refractivity contribution < 1.29 is 14.6 Å². The highest BCUT2D eigenvalue weighted by Gasteiger charge is 2.28. The van der Waals surface area contributed by atoms with Gasteiger partial charge in [0.05, 0.1) is 23.6 Å². The minimum absolute atomic E-state index is 0.432. The molecule has 2 rings (SSSR count). The highest BCUT2D eigenvalue weighted by atomic mass is 16.5. The first kappa shape index (κ1) is 12.4. The molecule has 0 bridgehead atoms. The van der Waals surface area contributed by atoms with Gasteiger partial charge >= 0.3 is 5.97 Å². The Hall–Kier alpha value is -2.04. The molecule has 5 nitrogen and oxygen atoms in total. The van der Waals surface area contributed by atoms with Gasteiger partial charge in [0.15, 0.2) is 0 Å². The van der Waals surface area contributed by atoms with E-state index in [1.54, 1.807) is 27.0 Å². The lowest BCUT2D eigenvalue weighted by atomic mass is 9.88. The minimum Gasteiger partial charge on any atom is -0.481 e. The number of carboxylic acids is 1. The van der Waals surface area contributed by atoms with E-state index in [0.29, 0.717) is 12.3 Å². The van der Waals surface area contributed by atoms with Gasteiger partial charge in [-0.1, -0.05) is 0 Å². The number of rotatable bonds is 4. The van der Waals surface area contributed by atoms with Gasteiger partial charge in [0.1, 0.15) is 0 Å². The van der Waals surface area contributed by atoms with Gasteiger partial charge in [-0.25, -0.2) is 4.98 Å². The van der Waals surface area contributed by atoms with Crippen LogP contribution in [0.1, 0.15) is 19.5 Å². The lowest BCUT2D eigenvalue weighted by Gasteiger charge is -2.17. The Labute approximate surface area is 105 Å². The summed E-state index contributed by atoms with van der Waals surface area (Å²) < 4.78 is 5.05. The van der Waals surface area contributed by atoms with Crippen molar-refractivity contribution in [2.24, 2.45) is 5.41 Å². The van der Waals surface area contributed by atoms with E-state index in [1.807, 2.05) is 12.1 Å². The number of aliphatic carboxylic acids is 1. The molecule has 18 heavy (non-hydrogen) atoms. The van der Waals surface area contributed by atoms with Crippen LogP contribution in [0.5, 0.6) is 5.88 Å². The van der Waals surface area contributed by atoms with Crippen LogP contribution in [-0.4, -0.2) is 28.2 Å². The molecule has 2 heterocycles. The molecular formula is C13H16N2O3. The number of aromatic nitrogens is 2. The van der Waals surface area contributed by atoms with E-state index < -0.39 is 11.4 Å². The maximum absolute atomic E-state index is 11.1. The molecule has 2 aromatic rings. The quantitative estimate of drug-likeness (QED) is 0.870. The van der Waals surface area contributed by atoms with E-state index >= 15 is 0 Å². The Kier molecular flexibility index (Phi) is 2.98. The molecule has 96 valence electrons. The van der Waals surface area contributed by atoms with Crippen LogP contribution in [-0.2, 0) is 11.2 Å². The monoisotopic (exact) mass is 248 g/mol. The molecule has 0 aliphatic carbocycles. The molecule has 0 atom stereocenters. The second-order valence-electron chi connectivity index (χ2n) is 4.95. The zero-order valence-electron chi connectivity index (χ0n) is 10.7. The van der Waals surface area contributed by atoms with Crippen LogP contribution in [0.3, 0.4) is 0 Å². The summed E-state index contributed by atoms with van der Waals surface area (Å²) in [6, 6.07) is 5.51. The molecule has 0 aromatic carbocycles. The van der Waals surface area contributed by atoms with Gasteiger partial charge in [0, 0.05) is 18.2 Å². The highest BCUT2D eigenvalue weighted by molar-refractivity contribution is 5.78. The van der Waals surface area contributed by atoms with Gasteiger partial charge in [-0.05, 0) is 26.0 Å². The van der Waals surface area contributed by atoms with Gasteiger partial charge in [0.25, 0.3) is 0 Å². The number of nitrogens with zero attached hydrogens (tertiary/aromatic N) is 1. The molecule has 0 fully saturated rings. The third-order valence-electron chi connectivity index (χ3n) is 2.93. The second kappa shape index (κ2) is 4.33. The van der Waals surface area contributed by atoms with Crippen molar-refractivity contribution >= 4 is 17.0 Å². The SMILES string of the molecule is COc1ccc2[nH]c(CC(C)(C)C(=O)O)cc2n1. The fraction of sp³-hybridized carbons (Fsp3) is 0.385. The Morgan fingerprint density at radius 2 is 2.22 bits per heavy atom. The predicted octanol–water partition coefficient (Wildman–Crippen LogP) is 2.22. The molecule has 0 saturated heterocycles. The fourth-order valence-electron chi connectivity index (χ4n) is 1.81. The average molecular weight is 248 g/mol. The van der Waals surface area contributed by atoms with E-state index in [4.69, 9.17) is 9.84 Å². The molecule has 0 amide bonds. The third-order valence-corrected chi connectivity index (χ3v) is 2.93. The lowest BCUT2D eigenvalue weighted by molar-refractivity contribution is -0.146. The maximum atomic E-state index is 11.1. The van der Waals surface area contributed by atoms with E-state index in [1.165, 1.54) is 0 Å². The number of fused-ring (bicyclic) bond motifs is 1. The second-order valence-corrected chi connectivity index (χ2v) is 4.95. The summed E-state index contributed by atoms with van der Waals surface area (Å²) in [4.78, 5) is 18.6. The Morgan fingerprint density at radius 1 is 1.50 bits per heavy atom. The third kappa shape index (κ3) is 2.30. The standard InChI is InChI=1S/C13H16N2O3/c1-13(2,12(16)17)7-8-6-10-9(14-8)4-5-11(15-10)18-3/h4-6,14H,7H2,1-3H3,(H,16,17). The number of aromatic amines is 1. The van der Waals surface area contributed by atoms with Gasteiger partial charge in [-0.15, -0.1) is 0 Å². The molecule has 0 radical (unpaired) electrons. The van der Waals surface area contributed by atoms with Crippen LogP contribution >= 0.6 is 0 Å². The number of nitrogens with one attached hydrogen (secondary N) is 1. The van der Waals surface area contributed by atoms with Crippen LogP contribution < -0.4 is 4.74 Å². The molecule has 0 spiro atoms. The van der Waals surface area contributed by atoms with Gasteiger partial charge < -0.3 is 14.8 Å². The Morgan fingerprint density at radius 3 is 2.83 bits per heavy atom. The number of methoxy groups -OCH3 is 1. The zero-order chi connectivity index (χ0) is 13.3. The van der Waals surface area contributed by atoms with Crippen molar-refractivity contribution in [1.82, 2.24) is 9.97 Å². The molecule has 0 saturated carbocycles. The molecule has 5 heteroatoms. The molecule has 0 unspecified atom stereocenters. The first-order chi connectivity index (χ1) is 8.42.